The lowest BCUT2D eigenvalue weighted by Gasteiger charge is -2.46. The second-order valence-electron chi connectivity index (χ2n) is 12.4. The summed E-state index contributed by atoms with van der Waals surface area (Å²) >= 11 is 0. The number of halogens is 3. The molecule has 2 saturated carbocycles. The normalized spacial score (nSPS) is 28.4. The number of hydrogen-bond acceptors (Lipinski definition) is 6. The molecule has 12 heteroatoms. The number of amides is 1. The number of alkyl halides is 3. The highest BCUT2D eigenvalue weighted by molar-refractivity contribution is 5.78. The molecule has 6 rings (SSSR count). The summed E-state index contributed by atoms with van der Waals surface area (Å²) in [5.74, 6) is 1.40. The third kappa shape index (κ3) is 5.19. The van der Waals surface area contributed by atoms with Gasteiger partial charge < -0.3 is 4.90 Å². The van der Waals surface area contributed by atoms with Crippen LogP contribution in [0.5, 0.6) is 0 Å². The Morgan fingerprint density at radius 3 is 2.42 bits per heavy atom. The van der Waals surface area contributed by atoms with Gasteiger partial charge in [-0.25, -0.2) is 15.6 Å². The highest BCUT2D eigenvalue weighted by Crippen LogP contribution is 2.47. The first-order valence-electron chi connectivity index (χ1n) is 14.6. The number of carbonyl (C=O) groups excluding carboxylic acids is 1. The van der Waals surface area contributed by atoms with E-state index in [9.17, 15) is 22.8 Å². The molecule has 0 aromatic carbocycles. The Morgan fingerprint density at radius 1 is 1.02 bits per heavy atom. The van der Waals surface area contributed by atoms with Crippen molar-refractivity contribution in [3.8, 4) is 0 Å². The molecule has 0 radical (unpaired) electrons. The van der Waals surface area contributed by atoms with Gasteiger partial charge in [0, 0.05) is 45.1 Å². The summed E-state index contributed by atoms with van der Waals surface area (Å²) in [4.78, 5) is 31.6. The molecule has 0 spiro atoms. The summed E-state index contributed by atoms with van der Waals surface area (Å²) in [7, 11) is 3.84. The number of piperazine rings is 1. The number of carbonyl (C=O) groups is 1. The van der Waals surface area contributed by atoms with Crippen molar-refractivity contribution >= 4 is 11.4 Å². The summed E-state index contributed by atoms with van der Waals surface area (Å²) < 4.78 is 45.6. The van der Waals surface area contributed by atoms with Gasteiger partial charge in [-0.2, -0.15) is 13.2 Å². The summed E-state index contributed by atoms with van der Waals surface area (Å²) in [5, 5.41) is 0. The average molecular weight is 564 g/mol. The molecule has 4 atom stereocenters. The van der Waals surface area contributed by atoms with E-state index in [0.717, 1.165) is 38.4 Å². The highest BCUT2D eigenvalue weighted by atomic mass is 19.4. The van der Waals surface area contributed by atoms with Gasteiger partial charge in [0.25, 0.3) is 0 Å². The lowest BCUT2D eigenvalue weighted by atomic mass is 9.65. The predicted molar refractivity (Wildman–Crippen MR) is 144 cm³/mol. The van der Waals surface area contributed by atoms with E-state index in [1.807, 2.05) is 4.90 Å². The smallest absolute Gasteiger partial charge is 0.343 e. The van der Waals surface area contributed by atoms with E-state index in [4.69, 9.17) is 0 Å². The minimum Gasteiger partial charge on any atom is -0.343 e. The second kappa shape index (κ2) is 10.8. The standard InChI is InChI=1S/C28H40F3N7O2/c1-34-9-10-36(16-24(34)39)13-18-11-22(28(29,30)31)23-15-37(27(40)38(23)14-18)21-8-4-7-20(12-21)25(19-5-3-6-19)26-33-32-17-35(26)2/h11,14-15,19-21,25-26,32-33H,3-10,12-13,16-17H2,1-2H3/t20?,21?,25-,26?/m0/s1. The first-order chi connectivity index (χ1) is 19.1. The van der Waals surface area contributed by atoms with Gasteiger partial charge in [0.1, 0.15) is 0 Å². The maximum Gasteiger partial charge on any atom is 0.418 e. The molecule has 2 aliphatic heterocycles. The van der Waals surface area contributed by atoms with Crippen LogP contribution >= 0.6 is 0 Å². The summed E-state index contributed by atoms with van der Waals surface area (Å²) in [5.41, 5.74) is 5.78. The molecule has 2 aromatic heterocycles. The highest BCUT2D eigenvalue weighted by Gasteiger charge is 2.44. The minimum atomic E-state index is -4.60. The number of imidazole rings is 1. The van der Waals surface area contributed by atoms with Crippen molar-refractivity contribution in [2.45, 2.75) is 69.9 Å². The van der Waals surface area contributed by atoms with Gasteiger partial charge >= 0.3 is 11.9 Å². The van der Waals surface area contributed by atoms with Gasteiger partial charge in [-0.05, 0) is 55.7 Å². The van der Waals surface area contributed by atoms with Crippen molar-refractivity contribution in [3.63, 3.8) is 0 Å². The van der Waals surface area contributed by atoms with E-state index >= 15 is 0 Å². The Hall–Kier alpha value is -2.41. The van der Waals surface area contributed by atoms with Gasteiger partial charge in [0.2, 0.25) is 5.91 Å². The Labute approximate surface area is 232 Å². The maximum absolute atomic E-state index is 14.3. The van der Waals surface area contributed by atoms with E-state index < -0.39 is 17.4 Å². The van der Waals surface area contributed by atoms with E-state index in [2.05, 4.69) is 22.8 Å². The van der Waals surface area contributed by atoms with Crippen molar-refractivity contribution < 1.29 is 18.0 Å². The molecule has 2 aliphatic carbocycles. The largest absolute Gasteiger partial charge is 0.418 e. The lowest BCUT2D eigenvalue weighted by molar-refractivity contribution is -0.137. The number of pyridine rings is 1. The van der Waals surface area contributed by atoms with Crippen LogP contribution in [0.4, 0.5) is 13.2 Å². The van der Waals surface area contributed by atoms with Crippen LogP contribution in [0.25, 0.3) is 5.52 Å². The first kappa shape index (κ1) is 27.7. The van der Waals surface area contributed by atoms with Gasteiger partial charge in [-0.1, -0.05) is 25.7 Å². The van der Waals surface area contributed by atoms with Crippen LogP contribution in [0.2, 0.25) is 0 Å². The number of likely N-dealkylation sites (N-methyl/N-ethyl adjacent to an activating group) is 1. The second-order valence-corrected chi connectivity index (χ2v) is 12.4. The molecule has 4 aliphatic rings. The average Bonchev–Trinajstić information content (AvgIpc) is 3.45. The number of nitrogens with zero attached hydrogens (tertiary/aromatic N) is 5. The van der Waals surface area contributed by atoms with Gasteiger partial charge in [0.15, 0.2) is 0 Å². The minimum absolute atomic E-state index is 0.0615. The summed E-state index contributed by atoms with van der Waals surface area (Å²) in [6.07, 6.45) is 5.87. The van der Waals surface area contributed by atoms with Crippen LogP contribution in [0, 0.1) is 17.8 Å². The van der Waals surface area contributed by atoms with Crippen LogP contribution in [-0.2, 0) is 17.5 Å². The number of aromatic nitrogens is 2. The molecule has 9 nitrogen and oxygen atoms in total. The van der Waals surface area contributed by atoms with Crippen LogP contribution in [0.1, 0.15) is 62.1 Å². The van der Waals surface area contributed by atoms with Crippen molar-refractivity contribution in [1.29, 1.82) is 0 Å². The van der Waals surface area contributed by atoms with Gasteiger partial charge in [-0.15, -0.1) is 0 Å². The number of fused-ring (bicyclic) bond motifs is 1. The van der Waals surface area contributed by atoms with Gasteiger partial charge in [-0.3, -0.25) is 23.6 Å². The van der Waals surface area contributed by atoms with E-state index in [1.165, 1.54) is 36.1 Å². The predicted octanol–water partition coefficient (Wildman–Crippen LogP) is 2.86. The Morgan fingerprint density at radius 2 is 1.77 bits per heavy atom. The third-order valence-corrected chi connectivity index (χ3v) is 9.83. The fourth-order valence-electron chi connectivity index (χ4n) is 7.44. The molecule has 0 bridgehead atoms. The SMILES string of the molecule is CN1CCN(Cc2cc(C(F)(F)F)c3cn(C4CCCC([C@H](C5CCC5)C5NNCN5C)C4)c(=O)n3c2)CC1=O. The third-order valence-electron chi connectivity index (χ3n) is 9.83. The first-order valence-corrected chi connectivity index (χ1v) is 14.6. The molecule has 1 amide bonds. The molecule has 2 saturated heterocycles. The maximum atomic E-state index is 14.3. The van der Waals surface area contributed by atoms with E-state index in [-0.39, 0.29) is 36.7 Å². The molecule has 220 valence electrons. The molecule has 3 unspecified atom stereocenters. The van der Waals surface area contributed by atoms with Gasteiger partial charge in [0.05, 0.1) is 30.5 Å². The molecule has 4 fully saturated rings. The van der Waals surface area contributed by atoms with Crippen molar-refractivity contribution in [2.75, 3.05) is 40.4 Å². The fraction of sp³-hybridized carbons (Fsp3) is 0.714. The molecule has 4 heterocycles. The Bertz CT molecular complexity index is 1300. The number of nitrogens with one attached hydrogen (secondary N) is 2. The van der Waals surface area contributed by atoms with Crippen molar-refractivity contribution in [3.05, 3.63) is 40.1 Å². The fourth-order valence-corrected chi connectivity index (χ4v) is 7.44. The quantitative estimate of drug-likeness (QED) is 0.563. The summed E-state index contributed by atoms with van der Waals surface area (Å²) in [6, 6.07) is 1.01. The molecule has 2 N–H and O–H groups in total. The van der Waals surface area contributed by atoms with Crippen molar-refractivity contribution in [2.24, 2.45) is 17.8 Å². The number of hydrogen-bond donors (Lipinski definition) is 2. The van der Waals surface area contributed by atoms with Crippen LogP contribution < -0.4 is 16.5 Å². The zero-order valence-corrected chi connectivity index (χ0v) is 23.3. The van der Waals surface area contributed by atoms with E-state index in [0.29, 0.717) is 36.4 Å². The summed E-state index contributed by atoms with van der Waals surface area (Å²) in [6.45, 7) is 2.21. The monoisotopic (exact) mass is 563 g/mol. The zero-order chi connectivity index (χ0) is 28.2. The number of rotatable bonds is 6. The van der Waals surface area contributed by atoms with Crippen LogP contribution in [0.3, 0.4) is 0 Å². The molecule has 2 aromatic rings. The van der Waals surface area contributed by atoms with Crippen molar-refractivity contribution in [1.82, 2.24) is 34.5 Å². The van der Waals surface area contributed by atoms with Crippen LogP contribution in [-0.4, -0.2) is 76.1 Å². The lowest BCUT2D eigenvalue weighted by Crippen LogP contribution is -2.50. The zero-order valence-electron chi connectivity index (χ0n) is 23.3. The molecular formula is C28H40F3N7O2. The topological polar surface area (TPSA) is 77.3 Å². The Kier molecular flexibility index (Phi) is 7.47. The van der Waals surface area contributed by atoms with E-state index in [1.54, 1.807) is 16.5 Å². The Balaban J connectivity index is 1.30. The number of hydrazine groups is 1. The molecule has 40 heavy (non-hydrogen) atoms. The molecular weight excluding hydrogens is 523 g/mol. The van der Waals surface area contributed by atoms with Crippen LogP contribution in [0.15, 0.2) is 23.3 Å².